The van der Waals surface area contributed by atoms with Crippen LogP contribution in [0.15, 0.2) is 0 Å². The van der Waals surface area contributed by atoms with Gasteiger partial charge in [-0.15, -0.1) is 0 Å². The molecule has 106 valence electrons. The summed E-state index contributed by atoms with van der Waals surface area (Å²) in [5, 5.41) is 13.5. The fraction of sp³-hybridized carbons (Fsp3) is 1.00. The molecule has 0 amide bonds. The van der Waals surface area contributed by atoms with Crippen LogP contribution in [0.5, 0.6) is 0 Å². The van der Waals surface area contributed by atoms with Crippen LogP contribution in [0.25, 0.3) is 0 Å². The van der Waals surface area contributed by atoms with E-state index in [2.05, 4.69) is 26.1 Å². The van der Waals surface area contributed by atoms with Gasteiger partial charge in [0.05, 0.1) is 5.60 Å². The SMILES string of the molecule is CC(C)(C)C1CCC(CNCC2(O)CCC2)CC1. The van der Waals surface area contributed by atoms with Crippen molar-refractivity contribution in [2.24, 2.45) is 17.3 Å². The molecule has 0 heterocycles. The van der Waals surface area contributed by atoms with Crippen molar-refractivity contribution in [3.05, 3.63) is 0 Å². The summed E-state index contributed by atoms with van der Waals surface area (Å²) in [6, 6.07) is 0. The summed E-state index contributed by atoms with van der Waals surface area (Å²) in [6.45, 7) is 9.05. The van der Waals surface area contributed by atoms with Crippen molar-refractivity contribution in [1.29, 1.82) is 0 Å². The highest BCUT2D eigenvalue weighted by Crippen LogP contribution is 2.39. The minimum absolute atomic E-state index is 0.359. The zero-order valence-corrected chi connectivity index (χ0v) is 12.5. The molecule has 2 fully saturated rings. The third-order valence-corrected chi connectivity index (χ3v) is 5.24. The predicted molar refractivity (Wildman–Crippen MR) is 76.6 cm³/mol. The monoisotopic (exact) mass is 253 g/mol. The van der Waals surface area contributed by atoms with Gasteiger partial charge in [0.1, 0.15) is 0 Å². The normalized spacial score (nSPS) is 32.0. The lowest BCUT2D eigenvalue weighted by molar-refractivity contribution is -0.0321. The molecule has 0 aromatic rings. The maximum Gasteiger partial charge on any atom is 0.0771 e. The summed E-state index contributed by atoms with van der Waals surface area (Å²) in [4.78, 5) is 0. The molecule has 2 rings (SSSR count). The molecule has 0 aromatic heterocycles. The zero-order chi connectivity index (χ0) is 13.2. The van der Waals surface area contributed by atoms with E-state index >= 15 is 0 Å². The van der Waals surface area contributed by atoms with E-state index in [1.165, 1.54) is 32.1 Å². The van der Waals surface area contributed by atoms with Gasteiger partial charge in [0, 0.05) is 6.54 Å². The van der Waals surface area contributed by atoms with Crippen LogP contribution in [0, 0.1) is 17.3 Å². The smallest absolute Gasteiger partial charge is 0.0771 e. The highest BCUT2D eigenvalue weighted by molar-refractivity contribution is 4.90. The third-order valence-electron chi connectivity index (χ3n) is 5.24. The molecule has 18 heavy (non-hydrogen) atoms. The molecule has 0 bridgehead atoms. The van der Waals surface area contributed by atoms with Gasteiger partial charge in [-0.25, -0.2) is 0 Å². The van der Waals surface area contributed by atoms with Crippen LogP contribution in [0.1, 0.15) is 65.7 Å². The Kier molecular flexibility index (Phi) is 4.38. The van der Waals surface area contributed by atoms with Crippen molar-refractivity contribution in [2.45, 2.75) is 71.3 Å². The van der Waals surface area contributed by atoms with E-state index in [9.17, 15) is 5.11 Å². The lowest BCUT2D eigenvalue weighted by Gasteiger charge is -2.39. The summed E-state index contributed by atoms with van der Waals surface area (Å²) < 4.78 is 0. The first kappa shape index (κ1) is 14.3. The largest absolute Gasteiger partial charge is 0.389 e. The van der Waals surface area contributed by atoms with Crippen molar-refractivity contribution in [3.8, 4) is 0 Å². The van der Waals surface area contributed by atoms with E-state index in [4.69, 9.17) is 0 Å². The second-order valence-corrected chi connectivity index (χ2v) is 7.79. The maximum atomic E-state index is 10.0. The molecule has 0 aliphatic heterocycles. The highest BCUT2D eigenvalue weighted by atomic mass is 16.3. The number of hydrogen-bond acceptors (Lipinski definition) is 2. The Morgan fingerprint density at radius 3 is 2.17 bits per heavy atom. The Morgan fingerprint density at radius 1 is 1.11 bits per heavy atom. The molecule has 0 saturated heterocycles. The molecule has 2 N–H and O–H groups in total. The minimum Gasteiger partial charge on any atom is -0.389 e. The molecule has 2 saturated carbocycles. The van der Waals surface area contributed by atoms with E-state index in [-0.39, 0.29) is 5.60 Å². The van der Waals surface area contributed by atoms with E-state index < -0.39 is 0 Å². The van der Waals surface area contributed by atoms with E-state index in [0.717, 1.165) is 37.8 Å². The van der Waals surface area contributed by atoms with Crippen molar-refractivity contribution >= 4 is 0 Å². The highest BCUT2D eigenvalue weighted by Gasteiger charge is 2.34. The van der Waals surface area contributed by atoms with Crippen LogP contribution >= 0.6 is 0 Å². The average molecular weight is 253 g/mol. The molecular weight excluding hydrogens is 222 g/mol. The zero-order valence-electron chi connectivity index (χ0n) is 12.5. The van der Waals surface area contributed by atoms with Gasteiger partial charge in [-0.3, -0.25) is 0 Å². The molecule has 2 nitrogen and oxygen atoms in total. The van der Waals surface area contributed by atoms with Crippen LogP contribution in [0.3, 0.4) is 0 Å². The van der Waals surface area contributed by atoms with Gasteiger partial charge >= 0.3 is 0 Å². The topological polar surface area (TPSA) is 32.3 Å². The number of nitrogens with one attached hydrogen (secondary N) is 1. The number of rotatable bonds is 4. The van der Waals surface area contributed by atoms with Gasteiger partial charge in [0.2, 0.25) is 0 Å². The van der Waals surface area contributed by atoms with Crippen LogP contribution in [-0.2, 0) is 0 Å². The molecule has 0 spiro atoms. The summed E-state index contributed by atoms with van der Waals surface area (Å²) in [6.07, 6.45) is 8.71. The fourth-order valence-electron chi connectivity index (χ4n) is 3.50. The Hall–Kier alpha value is -0.0800. The summed E-state index contributed by atoms with van der Waals surface area (Å²) in [5.41, 5.74) is 0.127. The second-order valence-electron chi connectivity index (χ2n) is 7.79. The minimum atomic E-state index is -0.359. The maximum absolute atomic E-state index is 10.0. The summed E-state index contributed by atoms with van der Waals surface area (Å²) in [7, 11) is 0. The van der Waals surface area contributed by atoms with Crippen LogP contribution in [-0.4, -0.2) is 23.8 Å². The molecule has 0 aromatic carbocycles. The number of aliphatic hydroxyl groups is 1. The Bertz CT molecular complexity index is 257. The van der Waals surface area contributed by atoms with Crippen LogP contribution in [0.2, 0.25) is 0 Å². The lowest BCUT2D eigenvalue weighted by Crippen LogP contribution is -2.47. The van der Waals surface area contributed by atoms with Crippen molar-refractivity contribution < 1.29 is 5.11 Å². The van der Waals surface area contributed by atoms with Crippen molar-refractivity contribution in [3.63, 3.8) is 0 Å². The summed E-state index contributed by atoms with van der Waals surface area (Å²) in [5.74, 6) is 1.75. The van der Waals surface area contributed by atoms with E-state index in [1.807, 2.05) is 0 Å². The Balaban J connectivity index is 1.62. The first-order valence-corrected chi connectivity index (χ1v) is 7.82. The van der Waals surface area contributed by atoms with Crippen molar-refractivity contribution in [2.75, 3.05) is 13.1 Å². The van der Waals surface area contributed by atoms with Gasteiger partial charge in [0.25, 0.3) is 0 Å². The van der Waals surface area contributed by atoms with E-state index in [0.29, 0.717) is 5.41 Å². The average Bonchev–Trinajstić information content (AvgIpc) is 2.26. The predicted octanol–water partition coefficient (Wildman–Crippen LogP) is 3.34. The van der Waals surface area contributed by atoms with Gasteiger partial charge in [-0.2, -0.15) is 0 Å². The van der Waals surface area contributed by atoms with E-state index in [1.54, 1.807) is 0 Å². The molecule has 2 heteroatoms. The molecule has 2 aliphatic rings. The van der Waals surface area contributed by atoms with Crippen LogP contribution in [0.4, 0.5) is 0 Å². The number of hydrogen-bond donors (Lipinski definition) is 2. The Labute approximate surface area is 113 Å². The molecule has 0 radical (unpaired) electrons. The quantitative estimate of drug-likeness (QED) is 0.805. The van der Waals surface area contributed by atoms with Crippen molar-refractivity contribution in [1.82, 2.24) is 5.32 Å². The molecule has 2 aliphatic carbocycles. The molecule has 0 atom stereocenters. The Morgan fingerprint density at radius 2 is 1.72 bits per heavy atom. The van der Waals surface area contributed by atoms with Gasteiger partial charge in [-0.1, -0.05) is 20.8 Å². The lowest BCUT2D eigenvalue weighted by atomic mass is 9.70. The van der Waals surface area contributed by atoms with Gasteiger partial charge < -0.3 is 10.4 Å². The van der Waals surface area contributed by atoms with Crippen LogP contribution < -0.4 is 5.32 Å². The third kappa shape index (κ3) is 3.71. The summed E-state index contributed by atoms with van der Waals surface area (Å²) >= 11 is 0. The molecular formula is C16H31NO. The van der Waals surface area contributed by atoms with Gasteiger partial charge in [-0.05, 0) is 68.7 Å². The first-order valence-electron chi connectivity index (χ1n) is 7.82. The first-order chi connectivity index (χ1) is 8.39. The standard InChI is InChI=1S/C16H31NO/c1-15(2,3)14-7-5-13(6-8-14)11-17-12-16(18)9-4-10-16/h13-14,17-18H,4-12H2,1-3H3. The molecule has 0 unspecified atom stereocenters. The fourth-order valence-corrected chi connectivity index (χ4v) is 3.50. The van der Waals surface area contributed by atoms with Gasteiger partial charge in [0.15, 0.2) is 0 Å². The second kappa shape index (κ2) is 5.50.